The summed E-state index contributed by atoms with van der Waals surface area (Å²) in [6, 6.07) is 0. The maximum atomic E-state index is 8.33. The molecule has 0 rings (SSSR count). The Labute approximate surface area is 86.7 Å². The average molecular weight is 196 g/mol. The van der Waals surface area contributed by atoms with E-state index in [0.29, 0.717) is 0 Å². The van der Waals surface area contributed by atoms with Gasteiger partial charge >= 0.3 is 46.8 Å². The molecule has 9 heteroatoms. The zero-order valence-electron chi connectivity index (χ0n) is 4.72. The van der Waals surface area contributed by atoms with Crippen LogP contribution < -0.4 is 10.2 Å². The zero-order chi connectivity index (χ0) is 8.08. The van der Waals surface area contributed by atoms with Crippen molar-refractivity contribution in [1.29, 1.82) is 0 Å². The molecule has 0 aliphatic rings. The predicted molar refractivity (Wildman–Crippen MR) is 25.8 cm³/mol. The smallest absolute Gasteiger partial charge is 0.652 e. The maximum absolute atomic E-state index is 8.33. The Bertz CT molecular complexity index is 76.1. The summed E-state index contributed by atoms with van der Waals surface area (Å²) in [7, 11) is -4.61. The molecule has 0 aromatic rings. The Hall–Kier alpha value is 0.587. The van der Waals surface area contributed by atoms with Crippen LogP contribution >= 0.6 is 0 Å². The molecule has 7 nitrogen and oxygen atoms in total. The Kier molecular flexibility index (Phi) is 13.0. The molecule has 10 heavy (non-hydrogen) atoms. The van der Waals surface area contributed by atoms with Gasteiger partial charge in [0.05, 0.1) is 0 Å². The molecule has 0 aliphatic heterocycles. The van der Waals surface area contributed by atoms with Crippen molar-refractivity contribution in [3.8, 4) is 0 Å². The van der Waals surface area contributed by atoms with Gasteiger partial charge in [0.1, 0.15) is 0 Å². The fraction of sp³-hybridized carbons (Fsp3) is 0. The Balaban J connectivity index is -0.0000000910. The molecule has 0 bridgehead atoms. The van der Waals surface area contributed by atoms with Gasteiger partial charge in [0.25, 0.3) is 0 Å². The van der Waals surface area contributed by atoms with Crippen LogP contribution in [-0.4, -0.2) is 72.1 Å². The third-order valence-electron chi connectivity index (χ3n) is 0. The van der Waals surface area contributed by atoms with Crippen molar-refractivity contribution in [3.05, 3.63) is 0 Å². The second-order valence-corrected chi connectivity index (χ2v) is 2.05. The average Bonchev–Trinajstić information content (AvgIpc) is 1.19. The van der Waals surface area contributed by atoms with Crippen LogP contribution in [0.5, 0.6) is 0 Å². The maximum Gasteiger partial charge on any atom is 2.00 e. The predicted octanol–water partition coefficient (Wildman–Crippen LogP) is -5.44. The second kappa shape index (κ2) is 7.69. The number of hydrogen-bond donors (Lipinski definition) is 4. The van der Waals surface area contributed by atoms with E-state index in [1.807, 2.05) is 0 Å². The van der Waals surface area contributed by atoms with Crippen molar-refractivity contribution in [2.45, 2.75) is 0 Å². The van der Waals surface area contributed by atoms with Crippen LogP contribution in [0.1, 0.15) is 0 Å². The van der Waals surface area contributed by atoms with E-state index in [1.165, 1.54) is 0 Å². The van der Waals surface area contributed by atoms with Gasteiger partial charge in [-0.25, -0.2) is 0 Å². The molecule has 0 aromatic carbocycles. The van der Waals surface area contributed by atoms with Gasteiger partial charge in [-0.15, -0.1) is 0 Å². The monoisotopic (exact) mass is 196 g/mol. The molecular weight excluding hydrogens is 192 g/mol. The SMILES string of the molecule is O=C([O-])[O-].O[Si](O)(O)O.[Ca+2]. The molecule has 0 saturated heterocycles. The molecule has 0 aromatic heterocycles. The van der Waals surface area contributed by atoms with Crippen LogP contribution in [0, 0.1) is 0 Å². The van der Waals surface area contributed by atoms with E-state index >= 15 is 0 Å². The van der Waals surface area contributed by atoms with Crippen molar-refractivity contribution in [3.63, 3.8) is 0 Å². The van der Waals surface area contributed by atoms with Crippen LogP contribution in [0.25, 0.3) is 0 Å². The molecular formula is CH4CaO7Si. The van der Waals surface area contributed by atoms with Crippen molar-refractivity contribution >= 4 is 52.9 Å². The molecule has 0 radical (unpaired) electrons. The van der Waals surface area contributed by atoms with E-state index in [4.69, 9.17) is 34.2 Å². The molecule has 0 fully saturated rings. The van der Waals surface area contributed by atoms with Crippen molar-refractivity contribution in [2.75, 3.05) is 0 Å². The van der Waals surface area contributed by atoms with Crippen LogP contribution in [0.2, 0.25) is 0 Å². The minimum atomic E-state index is -4.61. The summed E-state index contributed by atoms with van der Waals surface area (Å²) < 4.78 is 0. The van der Waals surface area contributed by atoms with Crippen LogP contribution in [0.3, 0.4) is 0 Å². The summed E-state index contributed by atoms with van der Waals surface area (Å²) in [6.45, 7) is 0. The summed E-state index contributed by atoms with van der Waals surface area (Å²) >= 11 is 0. The second-order valence-electron chi connectivity index (χ2n) is 0.850. The molecule has 0 atom stereocenters. The number of carboxylic acid groups (broad SMARTS) is 2. The molecule has 0 spiro atoms. The summed E-state index contributed by atoms with van der Waals surface area (Å²) in [5, 5.41) is 16.7. The molecule has 0 heterocycles. The number of rotatable bonds is 0. The Morgan fingerprint density at radius 2 is 1.10 bits per heavy atom. The van der Waals surface area contributed by atoms with E-state index in [1.54, 1.807) is 0 Å². The van der Waals surface area contributed by atoms with Crippen LogP contribution in [0.15, 0.2) is 0 Å². The number of hydrogen-bond acceptors (Lipinski definition) is 7. The fourth-order valence-corrected chi connectivity index (χ4v) is 0. The number of carbonyl (C=O) groups excluding carboxylic acids is 1. The molecule has 56 valence electrons. The first kappa shape index (κ1) is 16.9. The first-order chi connectivity index (χ1) is 3.73. The number of carbonyl (C=O) groups is 1. The fourth-order valence-electron chi connectivity index (χ4n) is 0. The first-order valence-corrected chi connectivity index (χ1v) is 3.30. The van der Waals surface area contributed by atoms with Gasteiger partial charge in [-0.3, -0.25) is 0 Å². The summed E-state index contributed by atoms with van der Waals surface area (Å²) in [4.78, 5) is 37.6. The summed E-state index contributed by atoms with van der Waals surface area (Å²) in [5.41, 5.74) is 0. The third-order valence-corrected chi connectivity index (χ3v) is 0. The molecule has 4 N–H and O–H groups in total. The van der Waals surface area contributed by atoms with Crippen molar-refractivity contribution in [2.24, 2.45) is 0 Å². The topological polar surface area (TPSA) is 144 Å². The standard InChI is InChI=1S/CH2O3.Ca.H4O4Si/c2-1(3)4;;1-5(2,3)4/h(H2,2,3,4);;1-4H/q;+2;/p-2. The van der Waals surface area contributed by atoms with Gasteiger partial charge in [0.15, 0.2) is 0 Å². The molecule has 0 aliphatic carbocycles. The Morgan fingerprint density at radius 3 is 1.10 bits per heavy atom. The van der Waals surface area contributed by atoms with Crippen molar-refractivity contribution in [1.82, 2.24) is 0 Å². The van der Waals surface area contributed by atoms with Crippen LogP contribution in [0.4, 0.5) is 4.79 Å². The van der Waals surface area contributed by atoms with E-state index in [2.05, 4.69) is 0 Å². The van der Waals surface area contributed by atoms with E-state index in [0.717, 1.165) is 0 Å². The minimum Gasteiger partial charge on any atom is -0.652 e. The van der Waals surface area contributed by atoms with Crippen LogP contribution in [-0.2, 0) is 0 Å². The van der Waals surface area contributed by atoms with Gasteiger partial charge in [0.2, 0.25) is 0 Å². The molecule has 0 saturated carbocycles. The summed E-state index contributed by atoms with van der Waals surface area (Å²) in [6.07, 6.45) is -2.33. The van der Waals surface area contributed by atoms with Gasteiger partial charge in [-0.2, -0.15) is 0 Å². The van der Waals surface area contributed by atoms with E-state index in [-0.39, 0.29) is 37.7 Å². The normalized spacial score (nSPS) is 8.40. The van der Waals surface area contributed by atoms with E-state index in [9.17, 15) is 0 Å². The van der Waals surface area contributed by atoms with Gasteiger partial charge < -0.3 is 34.2 Å². The Morgan fingerprint density at radius 1 is 1.10 bits per heavy atom. The quantitative estimate of drug-likeness (QED) is 0.283. The molecule has 0 unspecified atom stereocenters. The van der Waals surface area contributed by atoms with Crippen molar-refractivity contribution < 1.29 is 34.2 Å². The zero-order valence-corrected chi connectivity index (χ0v) is 7.93. The van der Waals surface area contributed by atoms with Gasteiger partial charge in [-0.1, -0.05) is 0 Å². The minimum absolute atomic E-state index is 0. The van der Waals surface area contributed by atoms with E-state index < -0.39 is 15.2 Å². The first-order valence-electron chi connectivity index (χ1n) is 1.51. The third kappa shape index (κ3) is 1440. The largest absolute Gasteiger partial charge is 2.00 e. The summed E-state index contributed by atoms with van der Waals surface area (Å²) in [5.74, 6) is 0. The van der Waals surface area contributed by atoms with Gasteiger partial charge in [-0.05, 0) is 6.16 Å². The van der Waals surface area contributed by atoms with Gasteiger partial charge in [0, 0.05) is 0 Å². The molecule has 0 amide bonds.